The second-order valence-corrected chi connectivity index (χ2v) is 15.3. The van der Waals surface area contributed by atoms with E-state index in [2.05, 4.69) is 228 Å². The van der Waals surface area contributed by atoms with Crippen LogP contribution in [0.25, 0.3) is 93.2 Å². The number of para-hydroxylation sites is 1. The monoisotopic (exact) mass is 752 g/mol. The van der Waals surface area contributed by atoms with Crippen LogP contribution in [-0.2, 0) is 0 Å². The Hall–Kier alpha value is -7.88. The second kappa shape index (κ2) is 13.4. The molecule has 0 aliphatic heterocycles. The standard InChI is InChI=1S/C56H36N2O/c1-3-13-37(14-4-1)41-18-11-19-44(34-41)58-50-22-10-9-21-48(50)56-51(23-12-24-52(56)58)57(45-29-27-39-25-26-42(33-43(39)35-45)38-15-5-2-6-16-38)46-30-32-53-49(36-46)55-47-20-8-7-17-40(47)28-31-54(55)59-53/h1-36H. The molecule has 0 saturated carbocycles. The van der Waals surface area contributed by atoms with Crippen molar-refractivity contribution in [2.45, 2.75) is 0 Å². The van der Waals surface area contributed by atoms with Crippen molar-refractivity contribution >= 4 is 82.4 Å². The Morgan fingerprint density at radius 2 is 0.966 bits per heavy atom. The van der Waals surface area contributed by atoms with Gasteiger partial charge in [-0.15, -0.1) is 0 Å². The van der Waals surface area contributed by atoms with E-state index in [1.165, 1.54) is 54.6 Å². The lowest BCUT2D eigenvalue weighted by molar-refractivity contribution is 0.669. The van der Waals surface area contributed by atoms with Crippen LogP contribution in [0.4, 0.5) is 17.1 Å². The molecule has 0 amide bonds. The molecule has 0 fully saturated rings. The fourth-order valence-corrected chi connectivity index (χ4v) is 9.20. The van der Waals surface area contributed by atoms with Gasteiger partial charge in [0.1, 0.15) is 11.2 Å². The zero-order valence-electron chi connectivity index (χ0n) is 32.1. The van der Waals surface area contributed by atoms with Gasteiger partial charge in [-0.1, -0.05) is 146 Å². The minimum atomic E-state index is 0.874. The SMILES string of the molecule is c1ccc(-c2cccc(-n3c4ccccc4c4c(N(c5ccc6ccc(-c7ccccc7)cc6c5)c5ccc6oc7ccc8ccccc8c7c6c5)cccc43)c2)cc1. The lowest BCUT2D eigenvalue weighted by Gasteiger charge is -2.27. The van der Waals surface area contributed by atoms with Crippen LogP contribution in [0.5, 0.6) is 0 Å². The highest BCUT2D eigenvalue weighted by molar-refractivity contribution is 6.20. The Morgan fingerprint density at radius 1 is 0.339 bits per heavy atom. The molecule has 276 valence electrons. The number of hydrogen-bond acceptors (Lipinski definition) is 2. The van der Waals surface area contributed by atoms with Gasteiger partial charge in [-0.2, -0.15) is 0 Å². The van der Waals surface area contributed by atoms with Crippen molar-refractivity contribution in [3.63, 3.8) is 0 Å². The fourth-order valence-electron chi connectivity index (χ4n) is 9.20. The van der Waals surface area contributed by atoms with E-state index in [-0.39, 0.29) is 0 Å². The maximum Gasteiger partial charge on any atom is 0.136 e. The minimum absolute atomic E-state index is 0.874. The number of nitrogens with zero attached hydrogens (tertiary/aromatic N) is 2. The van der Waals surface area contributed by atoms with Crippen molar-refractivity contribution in [3.05, 3.63) is 218 Å². The third-order valence-corrected chi connectivity index (χ3v) is 11.9. The fraction of sp³-hybridized carbons (Fsp3) is 0. The third kappa shape index (κ3) is 5.44. The minimum Gasteiger partial charge on any atom is -0.456 e. The van der Waals surface area contributed by atoms with Gasteiger partial charge < -0.3 is 13.9 Å². The van der Waals surface area contributed by atoms with Crippen LogP contribution in [0.2, 0.25) is 0 Å². The Labute approximate surface area is 341 Å². The first-order valence-corrected chi connectivity index (χ1v) is 20.2. The van der Waals surface area contributed by atoms with Gasteiger partial charge in [0.05, 0.1) is 16.7 Å². The van der Waals surface area contributed by atoms with Crippen LogP contribution in [0.15, 0.2) is 223 Å². The van der Waals surface area contributed by atoms with Crippen molar-refractivity contribution in [2.24, 2.45) is 0 Å². The van der Waals surface area contributed by atoms with Crippen LogP contribution >= 0.6 is 0 Å². The van der Waals surface area contributed by atoms with Crippen molar-refractivity contribution in [2.75, 3.05) is 4.90 Å². The highest BCUT2D eigenvalue weighted by atomic mass is 16.3. The van der Waals surface area contributed by atoms with E-state index >= 15 is 0 Å². The van der Waals surface area contributed by atoms with E-state index in [0.717, 1.165) is 55.7 Å². The number of furan rings is 1. The Bertz CT molecular complexity index is 3560. The quantitative estimate of drug-likeness (QED) is 0.169. The predicted octanol–water partition coefficient (Wildman–Crippen LogP) is 15.8. The van der Waals surface area contributed by atoms with Gasteiger partial charge in [-0.3, -0.25) is 0 Å². The number of benzene rings is 10. The van der Waals surface area contributed by atoms with Crippen molar-refractivity contribution in [1.29, 1.82) is 0 Å². The average Bonchev–Trinajstić information content (AvgIpc) is 3.86. The summed E-state index contributed by atoms with van der Waals surface area (Å²) in [6.45, 7) is 0. The number of anilines is 3. The van der Waals surface area contributed by atoms with E-state index in [1.54, 1.807) is 0 Å². The average molecular weight is 753 g/mol. The molecule has 2 heterocycles. The highest BCUT2D eigenvalue weighted by Gasteiger charge is 2.23. The van der Waals surface area contributed by atoms with Crippen LogP contribution in [-0.4, -0.2) is 4.57 Å². The highest BCUT2D eigenvalue weighted by Crippen LogP contribution is 2.46. The molecule has 12 rings (SSSR count). The molecule has 0 aliphatic carbocycles. The van der Waals surface area contributed by atoms with Crippen LogP contribution in [0.3, 0.4) is 0 Å². The first-order valence-electron chi connectivity index (χ1n) is 20.2. The van der Waals surface area contributed by atoms with Crippen molar-refractivity contribution in [1.82, 2.24) is 4.57 Å². The molecule has 0 atom stereocenters. The first kappa shape index (κ1) is 33.3. The van der Waals surface area contributed by atoms with Gasteiger partial charge >= 0.3 is 0 Å². The number of fused-ring (bicyclic) bond motifs is 9. The van der Waals surface area contributed by atoms with Gasteiger partial charge in [-0.05, 0) is 117 Å². The van der Waals surface area contributed by atoms with E-state index in [0.29, 0.717) is 0 Å². The summed E-state index contributed by atoms with van der Waals surface area (Å²) in [5, 5.41) is 9.39. The van der Waals surface area contributed by atoms with Gasteiger partial charge in [0, 0.05) is 38.6 Å². The van der Waals surface area contributed by atoms with Gasteiger partial charge in [0.15, 0.2) is 0 Å². The van der Waals surface area contributed by atoms with E-state index in [4.69, 9.17) is 4.42 Å². The molecule has 10 aromatic carbocycles. The summed E-state index contributed by atoms with van der Waals surface area (Å²) in [5.41, 5.74) is 13.2. The molecule has 0 radical (unpaired) electrons. The predicted molar refractivity (Wildman–Crippen MR) is 249 cm³/mol. The van der Waals surface area contributed by atoms with Crippen LogP contribution < -0.4 is 4.90 Å². The third-order valence-electron chi connectivity index (χ3n) is 11.9. The van der Waals surface area contributed by atoms with Crippen LogP contribution in [0, 0.1) is 0 Å². The Kier molecular flexibility index (Phi) is 7.54. The maximum absolute atomic E-state index is 6.52. The summed E-state index contributed by atoms with van der Waals surface area (Å²) >= 11 is 0. The molecule has 12 aromatic rings. The van der Waals surface area contributed by atoms with Crippen molar-refractivity contribution < 1.29 is 4.42 Å². The molecule has 3 heteroatoms. The normalized spacial score (nSPS) is 11.7. The molecule has 3 nitrogen and oxygen atoms in total. The Balaban J connectivity index is 1.13. The molecule has 59 heavy (non-hydrogen) atoms. The largest absolute Gasteiger partial charge is 0.456 e. The molecular formula is C56H36N2O. The summed E-state index contributed by atoms with van der Waals surface area (Å²) < 4.78 is 8.94. The van der Waals surface area contributed by atoms with Crippen molar-refractivity contribution in [3.8, 4) is 27.9 Å². The molecule has 0 aliphatic rings. The van der Waals surface area contributed by atoms with Gasteiger partial charge in [-0.25, -0.2) is 0 Å². The molecule has 2 aromatic heterocycles. The molecule has 0 spiro atoms. The summed E-state index contributed by atoms with van der Waals surface area (Å²) in [6, 6.07) is 78.8. The molecule has 0 unspecified atom stereocenters. The number of aromatic nitrogens is 1. The Morgan fingerprint density at radius 3 is 1.81 bits per heavy atom. The maximum atomic E-state index is 6.52. The van der Waals surface area contributed by atoms with Gasteiger partial charge in [0.2, 0.25) is 0 Å². The lowest BCUT2D eigenvalue weighted by Crippen LogP contribution is -2.10. The summed E-state index contributed by atoms with van der Waals surface area (Å²) in [5.74, 6) is 0. The van der Waals surface area contributed by atoms with E-state index in [1.807, 2.05) is 0 Å². The topological polar surface area (TPSA) is 21.3 Å². The first-order chi connectivity index (χ1) is 29.2. The molecule has 0 bridgehead atoms. The summed E-state index contributed by atoms with van der Waals surface area (Å²) in [7, 11) is 0. The molecule has 0 saturated heterocycles. The van der Waals surface area contributed by atoms with Gasteiger partial charge in [0.25, 0.3) is 0 Å². The zero-order chi connectivity index (χ0) is 38.9. The zero-order valence-corrected chi connectivity index (χ0v) is 32.1. The van der Waals surface area contributed by atoms with E-state index in [9.17, 15) is 0 Å². The molecular weight excluding hydrogens is 717 g/mol. The summed E-state index contributed by atoms with van der Waals surface area (Å²) in [4.78, 5) is 2.44. The lowest BCUT2D eigenvalue weighted by atomic mass is 10.00. The number of hydrogen-bond donors (Lipinski definition) is 0. The smallest absolute Gasteiger partial charge is 0.136 e. The molecule has 0 N–H and O–H groups in total. The van der Waals surface area contributed by atoms with E-state index < -0.39 is 0 Å². The second-order valence-electron chi connectivity index (χ2n) is 15.3. The van der Waals surface area contributed by atoms with Crippen LogP contribution in [0.1, 0.15) is 0 Å². The number of rotatable bonds is 6. The summed E-state index contributed by atoms with van der Waals surface area (Å²) in [6.07, 6.45) is 0.